The maximum absolute atomic E-state index is 14.2. The van der Waals surface area contributed by atoms with Gasteiger partial charge in [-0.3, -0.25) is 18.9 Å². The van der Waals surface area contributed by atoms with E-state index in [1.807, 2.05) is 20.0 Å². The molecule has 1 atom stereocenters. The van der Waals surface area contributed by atoms with Crippen molar-refractivity contribution in [1.29, 1.82) is 0 Å². The SMILES string of the molecule is CCCc1cn(CC)c(C(N)=O)c1NC(=O)c1cc(S(=O)(=O)N2CCNCC2N2CCN(CCCF)CC2)ccc1OCC. The number of benzene rings is 1. The molecule has 3 heterocycles. The van der Waals surface area contributed by atoms with Crippen LogP contribution in [0.3, 0.4) is 0 Å². The van der Waals surface area contributed by atoms with Crippen LogP contribution in [-0.2, 0) is 23.0 Å². The summed E-state index contributed by atoms with van der Waals surface area (Å²) in [4.78, 5) is 30.5. The van der Waals surface area contributed by atoms with Crippen molar-refractivity contribution in [1.82, 2.24) is 24.0 Å². The Balaban J connectivity index is 1.64. The zero-order valence-corrected chi connectivity index (χ0v) is 26.8. The van der Waals surface area contributed by atoms with E-state index in [9.17, 15) is 22.4 Å². The third-order valence-electron chi connectivity index (χ3n) is 8.20. The number of piperazine rings is 2. The highest BCUT2D eigenvalue weighted by Crippen LogP contribution is 2.30. The highest BCUT2D eigenvalue weighted by Gasteiger charge is 2.38. The van der Waals surface area contributed by atoms with Crippen LogP contribution in [0, 0.1) is 0 Å². The van der Waals surface area contributed by atoms with Gasteiger partial charge in [-0.1, -0.05) is 13.3 Å². The summed E-state index contributed by atoms with van der Waals surface area (Å²) in [6.07, 6.45) is 3.31. The molecule has 2 fully saturated rings. The number of anilines is 1. The van der Waals surface area contributed by atoms with Gasteiger partial charge in [0.15, 0.2) is 0 Å². The van der Waals surface area contributed by atoms with Crippen molar-refractivity contribution in [2.24, 2.45) is 5.73 Å². The second-order valence-electron chi connectivity index (χ2n) is 11.0. The van der Waals surface area contributed by atoms with E-state index in [-0.39, 0.29) is 41.7 Å². The Morgan fingerprint density at radius 3 is 2.52 bits per heavy atom. The molecule has 2 aromatic rings. The Bertz CT molecular complexity index is 1410. The number of sulfonamides is 1. The molecule has 1 unspecified atom stereocenters. The molecule has 1 aromatic carbocycles. The maximum Gasteiger partial charge on any atom is 0.267 e. The molecule has 0 saturated carbocycles. The van der Waals surface area contributed by atoms with E-state index in [1.54, 1.807) is 11.5 Å². The van der Waals surface area contributed by atoms with Gasteiger partial charge in [0.05, 0.1) is 35.6 Å². The van der Waals surface area contributed by atoms with Gasteiger partial charge in [-0.2, -0.15) is 4.31 Å². The molecule has 44 heavy (non-hydrogen) atoms. The first-order chi connectivity index (χ1) is 21.2. The van der Waals surface area contributed by atoms with E-state index in [1.165, 1.54) is 22.5 Å². The lowest BCUT2D eigenvalue weighted by molar-refractivity contribution is 0.0337. The Labute approximate surface area is 259 Å². The summed E-state index contributed by atoms with van der Waals surface area (Å²) in [7, 11) is -4.01. The molecule has 244 valence electrons. The van der Waals surface area contributed by atoms with Crippen LogP contribution < -0.4 is 21.1 Å². The van der Waals surface area contributed by atoms with Gasteiger partial charge in [0.25, 0.3) is 11.8 Å². The summed E-state index contributed by atoms with van der Waals surface area (Å²) in [6.45, 7) is 10.8. The molecule has 14 heteroatoms. The van der Waals surface area contributed by atoms with Crippen molar-refractivity contribution in [3.8, 4) is 5.75 Å². The van der Waals surface area contributed by atoms with Gasteiger partial charge in [0, 0.05) is 65.1 Å². The Morgan fingerprint density at radius 2 is 1.89 bits per heavy atom. The summed E-state index contributed by atoms with van der Waals surface area (Å²) >= 11 is 0. The molecule has 12 nitrogen and oxygen atoms in total. The summed E-state index contributed by atoms with van der Waals surface area (Å²) < 4.78 is 49.9. The Morgan fingerprint density at radius 1 is 1.14 bits per heavy atom. The van der Waals surface area contributed by atoms with E-state index in [2.05, 4.69) is 20.4 Å². The molecule has 2 aliphatic rings. The number of nitrogens with one attached hydrogen (secondary N) is 2. The number of aryl methyl sites for hydroxylation is 2. The average molecular weight is 636 g/mol. The predicted octanol–water partition coefficient (Wildman–Crippen LogP) is 2.11. The van der Waals surface area contributed by atoms with Crippen molar-refractivity contribution in [2.45, 2.75) is 57.6 Å². The number of aromatic nitrogens is 1. The number of ether oxygens (including phenoxy) is 1. The number of carbonyl (C=O) groups excluding carboxylic acids is 2. The second-order valence-corrected chi connectivity index (χ2v) is 12.9. The number of carbonyl (C=O) groups is 2. The number of hydrogen-bond acceptors (Lipinski definition) is 8. The molecule has 4 N–H and O–H groups in total. The van der Waals surface area contributed by atoms with Gasteiger partial charge < -0.3 is 30.6 Å². The van der Waals surface area contributed by atoms with Crippen LogP contribution in [0.15, 0.2) is 29.3 Å². The van der Waals surface area contributed by atoms with E-state index in [4.69, 9.17) is 10.5 Å². The topological polar surface area (TPSA) is 142 Å². The first-order valence-electron chi connectivity index (χ1n) is 15.5. The molecule has 0 radical (unpaired) electrons. The van der Waals surface area contributed by atoms with E-state index >= 15 is 0 Å². The lowest BCUT2D eigenvalue weighted by Gasteiger charge is -2.45. The fourth-order valence-corrected chi connectivity index (χ4v) is 7.64. The van der Waals surface area contributed by atoms with Gasteiger partial charge in [-0.05, 0) is 50.5 Å². The second kappa shape index (κ2) is 15.3. The third-order valence-corrected chi connectivity index (χ3v) is 10.1. The van der Waals surface area contributed by atoms with Crippen molar-refractivity contribution >= 4 is 27.5 Å². The molecule has 4 rings (SSSR count). The summed E-state index contributed by atoms with van der Waals surface area (Å²) in [5, 5.41) is 6.17. The zero-order chi connectivity index (χ0) is 31.9. The average Bonchev–Trinajstić information content (AvgIpc) is 3.37. The van der Waals surface area contributed by atoms with Crippen molar-refractivity contribution in [3.63, 3.8) is 0 Å². The van der Waals surface area contributed by atoms with Gasteiger partial charge in [-0.15, -0.1) is 0 Å². The monoisotopic (exact) mass is 635 g/mol. The highest BCUT2D eigenvalue weighted by atomic mass is 32.2. The molecule has 2 aliphatic heterocycles. The standard InChI is InChI=1S/C30H46FN7O5S/c1-4-8-22-21-36(5-2)28(29(32)39)27(22)34-30(40)24-19-23(9-10-25(24)43-6-3)44(41,42)38-14-12-33-20-26(38)37-17-15-35(16-18-37)13-7-11-31/h9-10,19,21,26,33H,4-8,11-18,20H2,1-3H3,(H2,32,39)(H,34,40). The minimum absolute atomic E-state index is 0.0189. The lowest BCUT2D eigenvalue weighted by atomic mass is 10.1. The minimum Gasteiger partial charge on any atom is -0.493 e. The fraction of sp³-hybridized carbons (Fsp3) is 0.600. The van der Waals surface area contributed by atoms with Crippen molar-refractivity contribution < 1.29 is 27.1 Å². The van der Waals surface area contributed by atoms with Crippen LogP contribution in [-0.4, -0.2) is 111 Å². The summed E-state index contributed by atoms with van der Waals surface area (Å²) in [6, 6.07) is 4.32. The number of nitrogens with two attached hydrogens (primary N) is 1. The van der Waals surface area contributed by atoms with Crippen LogP contribution in [0.5, 0.6) is 5.75 Å². The Hall–Kier alpha value is -3.04. The number of nitrogens with zero attached hydrogens (tertiary/aromatic N) is 4. The van der Waals surface area contributed by atoms with Crippen LogP contribution in [0.1, 0.15) is 60.0 Å². The van der Waals surface area contributed by atoms with Gasteiger partial charge in [-0.25, -0.2) is 8.42 Å². The largest absolute Gasteiger partial charge is 0.493 e. The van der Waals surface area contributed by atoms with Gasteiger partial charge in [0.2, 0.25) is 10.0 Å². The van der Waals surface area contributed by atoms with Gasteiger partial charge in [0.1, 0.15) is 11.4 Å². The van der Waals surface area contributed by atoms with Gasteiger partial charge >= 0.3 is 0 Å². The summed E-state index contributed by atoms with van der Waals surface area (Å²) in [5.74, 6) is -1.03. The molecule has 0 bridgehead atoms. The number of rotatable bonds is 14. The van der Waals surface area contributed by atoms with Crippen LogP contribution in [0.25, 0.3) is 0 Å². The quantitative estimate of drug-likeness (QED) is 0.287. The molecule has 1 aromatic heterocycles. The molecule has 0 spiro atoms. The molecule has 2 saturated heterocycles. The fourth-order valence-electron chi connectivity index (χ4n) is 6.00. The predicted molar refractivity (Wildman–Crippen MR) is 167 cm³/mol. The number of alkyl halides is 1. The first-order valence-corrected chi connectivity index (χ1v) is 16.9. The zero-order valence-electron chi connectivity index (χ0n) is 26.0. The maximum atomic E-state index is 14.2. The van der Waals surface area contributed by atoms with Crippen molar-refractivity contribution in [3.05, 3.63) is 41.2 Å². The van der Waals surface area contributed by atoms with Crippen LogP contribution in [0.2, 0.25) is 0 Å². The van der Waals surface area contributed by atoms with Crippen LogP contribution in [0.4, 0.5) is 10.1 Å². The third kappa shape index (κ3) is 7.42. The normalized spacial score (nSPS) is 18.8. The molecule has 2 amide bonds. The number of amides is 2. The summed E-state index contributed by atoms with van der Waals surface area (Å²) in [5.41, 5.74) is 7.05. The lowest BCUT2D eigenvalue weighted by Crippen LogP contribution is -2.63. The number of hydrogen-bond donors (Lipinski definition) is 3. The smallest absolute Gasteiger partial charge is 0.267 e. The first kappa shape index (κ1) is 33.8. The van der Waals surface area contributed by atoms with Crippen LogP contribution >= 0.6 is 0 Å². The van der Waals surface area contributed by atoms with Crippen molar-refractivity contribution in [2.75, 3.05) is 71.0 Å². The molecular formula is C30H46FN7O5S. The van der Waals surface area contributed by atoms with E-state index in [0.717, 1.165) is 25.1 Å². The number of halogens is 1. The number of primary amides is 1. The van der Waals surface area contributed by atoms with E-state index < -0.39 is 28.0 Å². The minimum atomic E-state index is -4.01. The highest BCUT2D eigenvalue weighted by molar-refractivity contribution is 7.89. The molecular weight excluding hydrogens is 589 g/mol. The molecule has 0 aliphatic carbocycles. The van der Waals surface area contributed by atoms with E-state index in [0.29, 0.717) is 57.8 Å². The Kier molecular flexibility index (Phi) is 11.8.